The third-order valence-corrected chi connectivity index (χ3v) is 14.1. The third kappa shape index (κ3) is 7.65. The molecule has 1 aliphatic carbocycles. The lowest BCUT2D eigenvalue weighted by atomic mass is 9.80. The minimum Gasteiger partial charge on any atom is -0.493 e. The van der Waals surface area contributed by atoms with E-state index in [1.54, 1.807) is 38.0 Å². The Balaban J connectivity index is 0.923. The van der Waals surface area contributed by atoms with Crippen LogP contribution in [0.4, 0.5) is 4.39 Å². The molecule has 8 aromatic heterocycles. The molecular formula is C57H48FN11O3. The minimum atomic E-state index is -0.612. The standard InChI is InChI=1S/C57H48FN11O3/c1-10-39-24-31(3)41(27-60-39)51-48(36-16-20-57(21-17-36)26-38-13-12-32(4)66-55(38)72-57)47-35(7)63-30-65-54(47)69(51)23-19-40-18-22-59-56(67-40)71-45-15-14-37(25-43(45)58)49-46-34(6)62-29-64-53(46)68(8)50(49)42-28-61-44(11-2)52(70-9)33(42)5/h1-2,12-16,18,22,24-25,27-30H,17,19-21,23,26H2,3-9H3/t57-/m0/s1. The molecule has 0 N–H and O–H groups in total. The average molecular weight is 954 g/mol. The number of halogens is 1. The molecule has 9 heterocycles. The SMILES string of the molecule is C#Cc1cc(C)c(-c2c(C3=CC[C@]4(CC3)Cc3ccc(C)nc3O4)c3c(C)ncnc3n2CCc2ccnc(Oc3ccc(-c4c(-c5cnc(C#C)c(OC)c5C)n(C)c5ncnc(C)c45)cc3F)n2)cn1. The van der Waals surface area contributed by atoms with E-state index in [-0.39, 0.29) is 17.4 Å². The van der Waals surface area contributed by atoms with Gasteiger partial charge in [0.2, 0.25) is 5.88 Å². The second-order valence-electron chi connectivity index (χ2n) is 18.5. The van der Waals surface area contributed by atoms with Crippen LogP contribution in [-0.2, 0) is 26.4 Å². The lowest BCUT2D eigenvalue weighted by Gasteiger charge is -2.32. The number of benzene rings is 1. The van der Waals surface area contributed by atoms with Crippen molar-refractivity contribution in [3.8, 4) is 81.7 Å². The van der Waals surface area contributed by atoms with Crippen molar-refractivity contribution >= 4 is 27.6 Å². The molecule has 1 atom stereocenters. The van der Waals surface area contributed by atoms with Crippen LogP contribution < -0.4 is 14.2 Å². The Morgan fingerprint density at radius 3 is 2.32 bits per heavy atom. The maximum atomic E-state index is 16.5. The zero-order valence-corrected chi connectivity index (χ0v) is 40.9. The highest BCUT2D eigenvalue weighted by Crippen LogP contribution is 2.49. The minimum absolute atomic E-state index is 0.000869. The molecule has 356 valence electrons. The summed E-state index contributed by atoms with van der Waals surface area (Å²) in [6.07, 6.45) is 25.8. The number of hydrogen-bond donors (Lipinski definition) is 0. The van der Waals surface area contributed by atoms with Gasteiger partial charge >= 0.3 is 6.01 Å². The van der Waals surface area contributed by atoms with Gasteiger partial charge in [0.1, 0.15) is 35.2 Å². The molecule has 1 spiro atoms. The first-order chi connectivity index (χ1) is 34.9. The number of nitrogens with zero attached hydrogens (tertiary/aromatic N) is 11. The van der Waals surface area contributed by atoms with E-state index < -0.39 is 5.82 Å². The highest BCUT2D eigenvalue weighted by molar-refractivity contribution is 6.05. The van der Waals surface area contributed by atoms with Crippen LogP contribution in [0.25, 0.3) is 61.3 Å². The van der Waals surface area contributed by atoms with Gasteiger partial charge in [0.05, 0.1) is 29.9 Å². The Morgan fingerprint density at radius 1 is 0.819 bits per heavy atom. The van der Waals surface area contributed by atoms with Crippen molar-refractivity contribution in [2.75, 3.05) is 7.11 Å². The quantitative estimate of drug-likeness (QED) is 0.120. The molecule has 0 amide bonds. The maximum Gasteiger partial charge on any atom is 0.322 e. The van der Waals surface area contributed by atoms with Crippen molar-refractivity contribution in [2.24, 2.45) is 7.05 Å². The van der Waals surface area contributed by atoms with Gasteiger partial charge in [0, 0.05) is 107 Å². The van der Waals surface area contributed by atoms with E-state index in [0.717, 1.165) is 115 Å². The fourth-order valence-electron chi connectivity index (χ4n) is 10.5. The number of aromatic nitrogens is 11. The highest BCUT2D eigenvalue weighted by atomic mass is 19.1. The van der Waals surface area contributed by atoms with Gasteiger partial charge in [-0.25, -0.2) is 44.3 Å². The molecule has 14 nitrogen and oxygen atoms in total. The topological polar surface area (TPSA) is 154 Å². The summed E-state index contributed by atoms with van der Waals surface area (Å²) in [6, 6.07) is 12.8. The van der Waals surface area contributed by atoms with Gasteiger partial charge < -0.3 is 23.3 Å². The Labute approximate surface area is 415 Å². The maximum absolute atomic E-state index is 16.5. The molecule has 0 saturated heterocycles. The van der Waals surface area contributed by atoms with Crippen LogP contribution in [0.1, 0.15) is 75.7 Å². The van der Waals surface area contributed by atoms with Crippen LogP contribution in [-0.4, -0.2) is 66.7 Å². The predicted octanol–water partition coefficient (Wildman–Crippen LogP) is 10.3. The summed E-state index contributed by atoms with van der Waals surface area (Å²) in [5.74, 6) is 5.85. The van der Waals surface area contributed by atoms with E-state index in [1.165, 1.54) is 18.0 Å². The summed E-state index contributed by atoms with van der Waals surface area (Å²) in [5.41, 5.74) is 15.1. The fourth-order valence-corrected chi connectivity index (χ4v) is 10.5. The van der Waals surface area contributed by atoms with Crippen molar-refractivity contribution in [2.45, 2.75) is 78.9 Å². The Bertz CT molecular complexity index is 3840. The first-order valence-corrected chi connectivity index (χ1v) is 23.6. The van der Waals surface area contributed by atoms with Crippen molar-refractivity contribution in [1.29, 1.82) is 0 Å². The highest BCUT2D eigenvalue weighted by Gasteiger charge is 2.42. The molecule has 15 heteroatoms. The fraction of sp³-hybridized carbons (Fsp3) is 0.246. The van der Waals surface area contributed by atoms with Crippen molar-refractivity contribution in [3.05, 3.63) is 142 Å². The number of allylic oxidation sites excluding steroid dienone is 1. The summed E-state index contributed by atoms with van der Waals surface area (Å²) in [4.78, 5) is 41.8. The zero-order valence-electron chi connectivity index (χ0n) is 40.9. The lowest BCUT2D eigenvalue weighted by molar-refractivity contribution is 0.0814. The van der Waals surface area contributed by atoms with Crippen LogP contribution in [0.2, 0.25) is 0 Å². The van der Waals surface area contributed by atoms with Crippen molar-refractivity contribution in [1.82, 2.24) is 54.0 Å². The first kappa shape index (κ1) is 45.6. The number of methoxy groups -OCH3 is 1. The smallest absolute Gasteiger partial charge is 0.322 e. The van der Waals surface area contributed by atoms with E-state index in [4.69, 9.17) is 47.0 Å². The second-order valence-corrected chi connectivity index (χ2v) is 18.5. The molecule has 1 aromatic carbocycles. The van der Waals surface area contributed by atoms with E-state index in [1.807, 2.05) is 63.7 Å². The Hall–Kier alpha value is -8.82. The van der Waals surface area contributed by atoms with Gasteiger partial charge in [-0.3, -0.25) is 0 Å². The number of pyridine rings is 3. The predicted molar refractivity (Wildman–Crippen MR) is 273 cm³/mol. The molecular weight excluding hydrogens is 906 g/mol. The number of rotatable bonds is 10. The van der Waals surface area contributed by atoms with Gasteiger partial charge in [-0.1, -0.05) is 24.1 Å². The average Bonchev–Trinajstić information content (AvgIpc) is 4.01. The van der Waals surface area contributed by atoms with Gasteiger partial charge in [-0.05, 0) is 100 Å². The monoisotopic (exact) mass is 953 g/mol. The zero-order chi connectivity index (χ0) is 50.0. The van der Waals surface area contributed by atoms with Crippen LogP contribution in [0.3, 0.4) is 0 Å². The molecule has 0 bridgehead atoms. The molecule has 9 aromatic rings. The summed E-state index contributed by atoms with van der Waals surface area (Å²) in [6.45, 7) is 10.4. The summed E-state index contributed by atoms with van der Waals surface area (Å²) >= 11 is 0. The molecule has 2 aliphatic rings. The summed E-state index contributed by atoms with van der Waals surface area (Å²) < 4.78 is 39.1. The van der Waals surface area contributed by atoms with Crippen molar-refractivity contribution in [3.63, 3.8) is 0 Å². The number of ether oxygens (including phenoxy) is 3. The number of terminal acetylenes is 2. The molecule has 0 saturated carbocycles. The van der Waals surface area contributed by atoms with Crippen molar-refractivity contribution < 1.29 is 18.6 Å². The Kier molecular flexibility index (Phi) is 11.3. The van der Waals surface area contributed by atoms with Crippen LogP contribution in [0.15, 0.2) is 79.8 Å². The molecule has 11 rings (SSSR count). The summed E-state index contributed by atoms with van der Waals surface area (Å²) in [5, 5.41) is 1.74. The van der Waals surface area contributed by atoms with Crippen LogP contribution >= 0.6 is 0 Å². The van der Waals surface area contributed by atoms with E-state index in [0.29, 0.717) is 47.0 Å². The largest absolute Gasteiger partial charge is 0.493 e. The summed E-state index contributed by atoms with van der Waals surface area (Å²) in [7, 11) is 3.46. The van der Waals surface area contributed by atoms with Gasteiger partial charge in [0.15, 0.2) is 23.0 Å². The molecule has 1 aliphatic heterocycles. The molecule has 0 unspecified atom stereocenters. The Morgan fingerprint density at radius 2 is 1.60 bits per heavy atom. The molecule has 0 fully saturated rings. The second kappa shape index (κ2) is 17.9. The van der Waals surface area contributed by atoms with Crippen LogP contribution in [0.5, 0.6) is 23.4 Å². The lowest BCUT2D eigenvalue weighted by Crippen LogP contribution is -2.35. The van der Waals surface area contributed by atoms with E-state index >= 15 is 4.39 Å². The third-order valence-electron chi connectivity index (χ3n) is 14.1. The molecule has 72 heavy (non-hydrogen) atoms. The van der Waals surface area contributed by atoms with Gasteiger partial charge in [-0.2, -0.15) is 4.98 Å². The normalized spacial score (nSPS) is 15.1. The first-order valence-electron chi connectivity index (χ1n) is 23.6. The number of aryl methyl sites for hydroxylation is 7. The van der Waals surface area contributed by atoms with E-state index in [9.17, 15) is 0 Å². The number of hydrogen-bond acceptors (Lipinski definition) is 12. The van der Waals surface area contributed by atoms with Gasteiger partial charge in [0.25, 0.3) is 0 Å². The van der Waals surface area contributed by atoms with Crippen LogP contribution in [0, 0.1) is 65.1 Å². The molecule has 0 radical (unpaired) electrons. The van der Waals surface area contributed by atoms with E-state index in [2.05, 4.69) is 60.4 Å². The van der Waals surface area contributed by atoms with Gasteiger partial charge in [-0.15, -0.1) is 12.8 Å². The number of fused-ring (bicyclic) bond motifs is 3.